The molecule has 2 aromatic carbocycles. The van der Waals surface area contributed by atoms with Crippen molar-refractivity contribution in [1.82, 2.24) is 4.31 Å². The first-order valence-electron chi connectivity index (χ1n) is 8.39. The van der Waals surface area contributed by atoms with E-state index in [1.165, 1.54) is 16.4 Å². The van der Waals surface area contributed by atoms with Gasteiger partial charge in [-0.1, -0.05) is 18.2 Å². The van der Waals surface area contributed by atoms with E-state index in [2.05, 4.69) is 4.90 Å². The summed E-state index contributed by atoms with van der Waals surface area (Å²) in [6.07, 6.45) is 0. The maximum absolute atomic E-state index is 12.7. The van der Waals surface area contributed by atoms with Crippen LogP contribution in [0.3, 0.4) is 0 Å². The van der Waals surface area contributed by atoms with Gasteiger partial charge in [0.15, 0.2) is 0 Å². The third-order valence-electron chi connectivity index (χ3n) is 4.39. The molecule has 0 aliphatic carbocycles. The molecule has 26 heavy (non-hydrogen) atoms. The van der Waals surface area contributed by atoms with Crippen LogP contribution >= 0.6 is 0 Å². The molecule has 0 radical (unpaired) electrons. The van der Waals surface area contributed by atoms with Crippen molar-refractivity contribution in [3.63, 3.8) is 0 Å². The van der Waals surface area contributed by atoms with Gasteiger partial charge in [0.2, 0.25) is 10.0 Å². The van der Waals surface area contributed by atoms with Crippen LogP contribution in [-0.4, -0.2) is 46.1 Å². The van der Waals surface area contributed by atoms with Crippen LogP contribution in [0.15, 0.2) is 53.4 Å². The molecule has 6 nitrogen and oxygen atoms in total. The number of sulfonamides is 1. The quantitative estimate of drug-likeness (QED) is 0.806. The molecule has 1 fully saturated rings. The zero-order valence-electron chi connectivity index (χ0n) is 14.6. The Morgan fingerprint density at radius 2 is 1.85 bits per heavy atom. The molecule has 136 valence electrons. The Labute approximate surface area is 154 Å². The highest BCUT2D eigenvalue weighted by Crippen LogP contribution is 2.20. The lowest BCUT2D eigenvalue weighted by atomic mass is 10.2. The maximum Gasteiger partial charge on any atom is 0.243 e. The number of benzene rings is 2. The number of anilines is 1. The maximum atomic E-state index is 12.7. The molecule has 7 heteroatoms. The average molecular weight is 371 g/mol. The lowest BCUT2D eigenvalue weighted by Crippen LogP contribution is -2.36. The molecule has 0 spiro atoms. The molecule has 3 rings (SSSR count). The summed E-state index contributed by atoms with van der Waals surface area (Å²) in [6, 6.07) is 16.0. The minimum atomic E-state index is -3.65. The van der Waals surface area contributed by atoms with Crippen molar-refractivity contribution < 1.29 is 13.2 Å². The van der Waals surface area contributed by atoms with Crippen molar-refractivity contribution in [3.05, 3.63) is 59.7 Å². The van der Waals surface area contributed by atoms with Crippen LogP contribution in [0.4, 0.5) is 5.69 Å². The minimum Gasteiger partial charge on any atom is -0.378 e. The van der Waals surface area contributed by atoms with E-state index in [4.69, 9.17) is 10.00 Å². The van der Waals surface area contributed by atoms with Gasteiger partial charge in [0.1, 0.15) is 0 Å². The molecular formula is C19H21N3O3S. The first kappa shape index (κ1) is 18.4. The van der Waals surface area contributed by atoms with Crippen LogP contribution < -0.4 is 4.90 Å². The number of hydrogen-bond donors (Lipinski definition) is 0. The van der Waals surface area contributed by atoms with Crippen LogP contribution in [0.2, 0.25) is 0 Å². The Morgan fingerprint density at radius 3 is 2.50 bits per heavy atom. The number of hydrogen-bond acceptors (Lipinski definition) is 5. The molecule has 0 saturated carbocycles. The SMILES string of the molecule is CN(Cc1ccc(N2CCOCC2)cc1)S(=O)(=O)c1cccc(C#N)c1. The van der Waals surface area contributed by atoms with Crippen LogP contribution in [0.25, 0.3) is 0 Å². The number of nitrogens with zero attached hydrogens (tertiary/aromatic N) is 3. The molecular weight excluding hydrogens is 350 g/mol. The molecule has 0 atom stereocenters. The zero-order chi connectivity index (χ0) is 18.6. The van der Waals surface area contributed by atoms with Crippen LogP contribution in [-0.2, 0) is 21.3 Å². The van der Waals surface area contributed by atoms with Gasteiger partial charge in [-0.05, 0) is 35.9 Å². The third kappa shape index (κ3) is 4.05. The second-order valence-corrected chi connectivity index (χ2v) is 8.21. The van der Waals surface area contributed by atoms with Gasteiger partial charge in [-0.15, -0.1) is 0 Å². The van der Waals surface area contributed by atoms with Crippen molar-refractivity contribution in [2.24, 2.45) is 0 Å². The Kier molecular flexibility index (Phi) is 5.57. The van der Waals surface area contributed by atoms with Crippen LogP contribution in [0, 0.1) is 11.3 Å². The Hall–Kier alpha value is -2.40. The van der Waals surface area contributed by atoms with Crippen molar-refractivity contribution in [2.45, 2.75) is 11.4 Å². The highest BCUT2D eigenvalue weighted by atomic mass is 32.2. The second-order valence-electron chi connectivity index (χ2n) is 6.17. The smallest absolute Gasteiger partial charge is 0.243 e. The van der Waals surface area contributed by atoms with Crippen molar-refractivity contribution >= 4 is 15.7 Å². The van der Waals surface area contributed by atoms with E-state index in [9.17, 15) is 8.42 Å². The van der Waals surface area contributed by atoms with Crippen molar-refractivity contribution in [3.8, 4) is 6.07 Å². The molecule has 1 saturated heterocycles. The summed E-state index contributed by atoms with van der Waals surface area (Å²) >= 11 is 0. The second kappa shape index (κ2) is 7.87. The zero-order valence-corrected chi connectivity index (χ0v) is 15.4. The van der Waals surface area contributed by atoms with E-state index in [1.807, 2.05) is 30.3 Å². The standard InChI is InChI=1S/C19H21N3O3S/c1-21(26(23,24)19-4-2-3-17(13-19)14-20)15-16-5-7-18(8-6-16)22-9-11-25-12-10-22/h2-8,13H,9-12,15H2,1H3. The summed E-state index contributed by atoms with van der Waals surface area (Å²) in [6.45, 7) is 3.45. The molecule has 0 unspecified atom stereocenters. The third-order valence-corrected chi connectivity index (χ3v) is 6.19. The summed E-state index contributed by atoms with van der Waals surface area (Å²) in [5.74, 6) is 0. The fourth-order valence-corrected chi connectivity index (χ4v) is 4.09. The van der Waals surface area contributed by atoms with E-state index < -0.39 is 10.0 Å². The molecule has 0 amide bonds. The Balaban J connectivity index is 1.72. The van der Waals surface area contributed by atoms with E-state index in [-0.39, 0.29) is 11.4 Å². The monoisotopic (exact) mass is 371 g/mol. The Morgan fingerprint density at radius 1 is 1.15 bits per heavy atom. The van der Waals surface area contributed by atoms with Crippen LogP contribution in [0.1, 0.15) is 11.1 Å². The molecule has 1 heterocycles. The lowest BCUT2D eigenvalue weighted by molar-refractivity contribution is 0.122. The van der Waals surface area contributed by atoms with E-state index >= 15 is 0 Å². The molecule has 0 N–H and O–H groups in total. The average Bonchev–Trinajstić information content (AvgIpc) is 2.69. The summed E-state index contributed by atoms with van der Waals surface area (Å²) in [5, 5.41) is 8.96. The van der Waals surface area contributed by atoms with Gasteiger partial charge in [0.05, 0.1) is 29.7 Å². The topological polar surface area (TPSA) is 73.6 Å². The minimum absolute atomic E-state index is 0.129. The predicted octanol–water partition coefficient (Wildman–Crippen LogP) is 2.22. The number of rotatable bonds is 5. The van der Waals surface area contributed by atoms with E-state index in [1.54, 1.807) is 19.2 Å². The number of morpholine rings is 1. The van der Waals surface area contributed by atoms with Gasteiger partial charge in [0.25, 0.3) is 0 Å². The molecule has 1 aliphatic heterocycles. The molecule has 0 aromatic heterocycles. The van der Waals surface area contributed by atoms with Gasteiger partial charge < -0.3 is 9.64 Å². The molecule has 2 aromatic rings. The fourth-order valence-electron chi connectivity index (χ4n) is 2.88. The van der Waals surface area contributed by atoms with Gasteiger partial charge in [-0.3, -0.25) is 0 Å². The summed E-state index contributed by atoms with van der Waals surface area (Å²) in [4.78, 5) is 2.38. The van der Waals surface area contributed by atoms with Gasteiger partial charge >= 0.3 is 0 Å². The largest absolute Gasteiger partial charge is 0.378 e. The molecule has 0 bridgehead atoms. The van der Waals surface area contributed by atoms with Gasteiger partial charge in [-0.2, -0.15) is 9.57 Å². The Bertz CT molecular complexity index is 898. The highest BCUT2D eigenvalue weighted by molar-refractivity contribution is 7.89. The van der Waals surface area contributed by atoms with Gasteiger partial charge in [0, 0.05) is 32.4 Å². The summed E-state index contributed by atoms with van der Waals surface area (Å²) < 4.78 is 32.1. The number of nitriles is 1. The van der Waals surface area contributed by atoms with E-state index in [0.29, 0.717) is 5.56 Å². The number of ether oxygens (including phenoxy) is 1. The van der Waals surface area contributed by atoms with Crippen LogP contribution in [0.5, 0.6) is 0 Å². The fraction of sp³-hybridized carbons (Fsp3) is 0.316. The predicted molar refractivity (Wildman–Crippen MR) is 99.3 cm³/mol. The van der Waals surface area contributed by atoms with Gasteiger partial charge in [-0.25, -0.2) is 8.42 Å². The first-order chi connectivity index (χ1) is 12.5. The van der Waals surface area contributed by atoms with Crippen molar-refractivity contribution in [1.29, 1.82) is 5.26 Å². The summed E-state index contributed by atoms with van der Waals surface area (Å²) in [5.41, 5.74) is 2.35. The first-order valence-corrected chi connectivity index (χ1v) is 9.83. The normalized spacial score (nSPS) is 15.0. The highest BCUT2D eigenvalue weighted by Gasteiger charge is 2.21. The lowest BCUT2D eigenvalue weighted by Gasteiger charge is -2.29. The van der Waals surface area contributed by atoms with Crippen molar-refractivity contribution in [2.75, 3.05) is 38.3 Å². The van der Waals surface area contributed by atoms with E-state index in [0.717, 1.165) is 37.6 Å². The summed E-state index contributed by atoms with van der Waals surface area (Å²) in [7, 11) is -2.10. The molecule has 1 aliphatic rings.